The van der Waals surface area contributed by atoms with Crippen molar-refractivity contribution in [2.75, 3.05) is 33.4 Å². The quantitative estimate of drug-likeness (QED) is 0.799. The molecule has 0 saturated carbocycles. The molecular weight excluding hydrogens is 264 g/mol. The fourth-order valence-electron chi connectivity index (χ4n) is 2.57. The molecule has 1 aromatic carbocycles. The zero-order chi connectivity index (χ0) is 15.1. The Labute approximate surface area is 128 Å². The molecule has 0 spiro atoms. The zero-order valence-corrected chi connectivity index (χ0v) is 13.5. The summed E-state index contributed by atoms with van der Waals surface area (Å²) < 4.78 is 11.3. The highest BCUT2D eigenvalue weighted by atomic mass is 16.5. The van der Waals surface area contributed by atoms with E-state index in [0.717, 1.165) is 36.8 Å². The highest BCUT2D eigenvalue weighted by molar-refractivity contribution is 5.40. The van der Waals surface area contributed by atoms with E-state index >= 15 is 0 Å². The molecule has 21 heavy (non-hydrogen) atoms. The summed E-state index contributed by atoms with van der Waals surface area (Å²) in [5.74, 6) is 1.84. The lowest BCUT2D eigenvalue weighted by Crippen LogP contribution is -2.26. The van der Waals surface area contributed by atoms with Crippen LogP contribution in [0.3, 0.4) is 0 Å². The Morgan fingerprint density at radius 2 is 2.00 bits per heavy atom. The van der Waals surface area contributed by atoms with E-state index in [-0.39, 0.29) is 0 Å². The van der Waals surface area contributed by atoms with E-state index in [4.69, 9.17) is 9.47 Å². The van der Waals surface area contributed by atoms with E-state index in [1.165, 1.54) is 25.9 Å². The molecule has 2 rings (SSSR count). The third-order valence-corrected chi connectivity index (χ3v) is 3.83. The van der Waals surface area contributed by atoms with Crippen molar-refractivity contribution in [3.05, 3.63) is 23.8 Å². The van der Waals surface area contributed by atoms with Crippen molar-refractivity contribution in [2.24, 2.45) is 0 Å². The highest BCUT2D eigenvalue weighted by Crippen LogP contribution is 2.24. The zero-order valence-electron chi connectivity index (χ0n) is 13.5. The van der Waals surface area contributed by atoms with Crippen molar-refractivity contribution in [3.8, 4) is 11.5 Å². The fourth-order valence-corrected chi connectivity index (χ4v) is 2.57. The lowest BCUT2D eigenvalue weighted by molar-refractivity contribution is 0.235. The number of nitrogens with zero attached hydrogens (tertiary/aromatic N) is 1. The monoisotopic (exact) mass is 292 g/mol. The second kappa shape index (κ2) is 8.25. The van der Waals surface area contributed by atoms with Crippen LogP contribution in [0, 0.1) is 0 Å². The maximum atomic E-state index is 5.99. The molecule has 1 aliphatic rings. The van der Waals surface area contributed by atoms with Crippen LogP contribution < -0.4 is 14.8 Å². The number of ether oxygens (including phenoxy) is 2. The minimum absolute atomic E-state index is 0.452. The van der Waals surface area contributed by atoms with Crippen LogP contribution in [-0.2, 0) is 6.54 Å². The highest BCUT2D eigenvalue weighted by Gasteiger charge is 2.12. The van der Waals surface area contributed by atoms with Crippen molar-refractivity contribution in [2.45, 2.75) is 39.3 Å². The predicted octanol–water partition coefficient (Wildman–Crippen LogP) is 2.67. The molecule has 1 aromatic rings. The normalized spacial score (nSPS) is 15.6. The van der Waals surface area contributed by atoms with Gasteiger partial charge in [0.05, 0.1) is 7.11 Å². The molecule has 0 atom stereocenters. The van der Waals surface area contributed by atoms with E-state index in [9.17, 15) is 0 Å². The van der Waals surface area contributed by atoms with Crippen LogP contribution in [0.25, 0.3) is 0 Å². The van der Waals surface area contributed by atoms with E-state index in [1.54, 1.807) is 7.11 Å². The first-order chi connectivity index (χ1) is 10.2. The Kier molecular flexibility index (Phi) is 6.33. The number of likely N-dealkylation sites (tertiary alicyclic amines) is 1. The molecule has 0 bridgehead atoms. The molecule has 0 aromatic heterocycles. The average Bonchev–Trinajstić information content (AvgIpc) is 2.99. The summed E-state index contributed by atoms with van der Waals surface area (Å²) in [4.78, 5) is 2.47. The second-order valence-electron chi connectivity index (χ2n) is 5.91. The fraction of sp³-hybridized carbons (Fsp3) is 0.647. The Balaban J connectivity index is 1.92. The van der Waals surface area contributed by atoms with Crippen LogP contribution in [-0.4, -0.2) is 44.3 Å². The van der Waals surface area contributed by atoms with Gasteiger partial charge < -0.3 is 14.8 Å². The van der Waals surface area contributed by atoms with Crippen LogP contribution in [0.4, 0.5) is 0 Å². The van der Waals surface area contributed by atoms with Gasteiger partial charge in [0, 0.05) is 24.7 Å². The van der Waals surface area contributed by atoms with Gasteiger partial charge in [-0.3, -0.25) is 4.90 Å². The lowest BCUT2D eigenvalue weighted by Gasteiger charge is -2.18. The molecule has 0 amide bonds. The summed E-state index contributed by atoms with van der Waals surface area (Å²) in [5.41, 5.74) is 1.16. The molecule has 4 nitrogen and oxygen atoms in total. The second-order valence-corrected chi connectivity index (χ2v) is 5.91. The number of methoxy groups -OCH3 is 1. The molecule has 4 heteroatoms. The summed E-state index contributed by atoms with van der Waals surface area (Å²) in [7, 11) is 1.70. The van der Waals surface area contributed by atoms with Crippen LogP contribution in [0.5, 0.6) is 11.5 Å². The van der Waals surface area contributed by atoms with Crippen LogP contribution >= 0.6 is 0 Å². The molecule has 0 aliphatic carbocycles. The SMILES string of the molecule is COc1ccc(OCCN2CCCC2)c(CNC(C)C)c1. The number of hydrogen-bond acceptors (Lipinski definition) is 4. The van der Waals surface area contributed by atoms with E-state index in [0.29, 0.717) is 6.04 Å². The first kappa shape index (κ1) is 16.1. The number of nitrogens with one attached hydrogen (secondary N) is 1. The van der Waals surface area contributed by atoms with Crippen molar-refractivity contribution < 1.29 is 9.47 Å². The molecule has 118 valence electrons. The standard InChI is InChI=1S/C17H28N2O2/c1-14(2)18-13-15-12-16(20-3)6-7-17(15)21-11-10-19-8-4-5-9-19/h6-7,12,14,18H,4-5,8-11,13H2,1-3H3. The predicted molar refractivity (Wildman–Crippen MR) is 86.1 cm³/mol. The molecule has 1 N–H and O–H groups in total. The number of benzene rings is 1. The van der Waals surface area contributed by atoms with Gasteiger partial charge in [-0.05, 0) is 44.1 Å². The maximum absolute atomic E-state index is 5.99. The van der Waals surface area contributed by atoms with Crippen molar-refractivity contribution in [1.82, 2.24) is 10.2 Å². The van der Waals surface area contributed by atoms with Gasteiger partial charge in [0.15, 0.2) is 0 Å². The molecule has 1 heterocycles. The topological polar surface area (TPSA) is 33.7 Å². The van der Waals surface area contributed by atoms with E-state index in [1.807, 2.05) is 12.1 Å². The Morgan fingerprint density at radius 1 is 1.24 bits per heavy atom. The first-order valence-corrected chi connectivity index (χ1v) is 7.94. The third kappa shape index (κ3) is 5.21. The van der Waals surface area contributed by atoms with Crippen molar-refractivity contribution in [3.63, 3.8) is 0 Å². The van der Waals surface area contributed by atoms with Crippen LogP contribution in [0.15, 0.2) is 18.2 Å². The van der Waals surface area contributed by atoms with Gasteiger partial charge in [0.25, 0.3) is 0 Å². The minimum Gasteiger partial charge on any atom is -0.497 e. The molecular formula is C17H28N2O2. The summed E-state index contributed by atoms with van der Waals surface area (Å²) in [6.45, 7) is 9.29. The Hall–Kier alpha value is -1.26. The summed E-state index contributed by atoms with van der Waals surface area (Å²) in [5, 5.41) is 3.44. The van der Waals surface area contributed by atoms with E-state index in [2.05, 4.69) is 30.1 Å². The lowest BCUT2D eigenvalue weighted by atomic mass is 10.1. The van der Waals surface area contributed by atoms with Crippen LogP contribution in [0.1, 0.15) is 32.3 Å². The van der Waals surface area contributed by atoms with Gasteiger partial charge in [0.1, 0.15) is 18.1 Å². The van der Waals surface area contributed by atoms with Gasteiger partial charge in [-0.25, -0.2) is 0 Å². The Morgan fingerprint density at radius 3 is 2.67 bits per heavy atom. The van der Waals surface area contributed by atoms with Crippen LogP contribution in [0.2, 0.25) is 0 Å². The molecule has 1 aliphatic heterocycles. The van der Waals surface area contributed by atoms with Gasteiger partial charge in [0.2, 0.25) is 0 Å². The summed E-state index contributed by atoms with van der Waals surface area (Å²) in [6, 6.07) is 6.48. The van der Waals surface area contributed by atoms with Gasteiger partial charge in [-0.15, -0.1) is 0 Å². The van der Waals surface area contributed by atoms with Gasteiger partial charge in [-0.1, -0.05) is 13.8 Å². The number of hydrogen-bond donors (Lipinski definition) is 1. The van der Waals surface area contributed by atoms with Crippen molar-refractivity contribution in [1.29, 1.82) is 0 Å². The first-order valence-electron chi connectivity index (χ1n) is 7.94. The van der Waals surface area contributed by atoms with E-state index < -0.39 is 0 Å². The molecule has 1 saturated heterocycles. The Bertz CT molecular complexity index is 429. The molecule has 0 radical (unpaired) electrons. The maximum Gasteiger partial charge on any atom is 0.124 e. The van der Waals surface area contributed by atoms with Gasteiger partial charge in [-0.2, -0.15) is 0 Å². The smallest absolute Gasteiger partial charge is 0.124 e. The minimum atomic E-state index is 0.452. The third-order valence-electron chi connectivity index (χ3n) is 3.83. The molecule has 1 fully saturated rings. The molecule has 0 unspecified atom stereocenters. The summed E-state index contributed by atoms with van der Waals surface area (Å²) >= 11 is 0. The van der Waals surface area contributed by atoms with Crippen molar-refractivity contribution >= 4 is 0 Å². The largest absolute Gasteiger partial charge is 0.497 e. The average molecular weight is 292 g/mol. The summed E-state index contributed by atoms with van der Waals surface area (Å²) in [6.07, 6.45) is 2.65. The van der Waals surface area contributed by atoms with Gasteiger partial charge >= 0.3 is 0 Å². The number of rotatable bonds is 8.